The molecule has 1 aromatic heterocycles. The molecule has 1 aliphatic rings. The van der Waals surface area contributed by atoms with Gasteiger partial charge in [0.15, 0.2) is 5.13 Å². The van der Waals surface area contributed by atoms with Crippen LogP contribution in [-0.2, 0) is 12.8 Å². The fraction of sp³-hybridized carbons (Fsp3) is 0.267. The topological polar surface area (TPSA) is 74.6 Å². The lowest BCUT2D eigenvalue weighted by Gasteiger charge is -2.04. The second kappa shape index (κ2) is 5.65. The van der Waals surface area contributed by atoms with E-state index in [-0.39, 0.29) is 5.91 Å². The van der Waals surface area contributed by atoms with Gasteiger partial charge in [0.2, 0.25) is 0 Å². The highest BCUT2D eigenvalue weighted by Gasteiger charge is 2.15. The highest BCUT2D eigenvalue weighted by molar-refractivity contribution is 7.14. The maximum absolute atomic E-state index is 12.2. The number of nitrogens with zero attached hydrogens (tertiary/aromatic N) is 2. The Labute approximate surface area is 126 Å². The molecule has 108 valence electrons. The maximum atomic E-state index is 12.2. The van der Waals surface area contributed by atoms with E-state index in [2.05, 4.69) is 15.5 Å². The van der Waals surface area contributed by atoms with Gasteiger partial charge < -0.3 is 5.21 Å². The van der Waals surface area contributed by atoms with Crippen LogP contribution in [0.5, 0.6) is 0 Å². The van der Waals surface area contributed by atoms with Crippen LogP contribution in [-0.4, -0.2) is 21.8 Å². The van der Waals surface area contributed by atoms with Crippen LogP contribution in [0.2, 0.25) is 0 Å². The highest BCUT2D eigenvalue weighted by atomic mass is 32.1. The third-order valence-electron chi connectivity index (χ3n) is 3.61. The summed E-state index contributed by atoms with van der Waals surface area (Å²) in [6.07, 6.45) is 3.31. The fourth-order valence-electron chi connectivity index (χ4n) is 2.43. The van der Waals surface area contributed by atoms with Gasteiger partial charge in [-0.05, 0) is 49.4 Å². The largest absolute Gasteiger partial charge is 0.411 e. The minimum Gasteiger partial charge on any atom is -0.411 e. The highest BCUT2D eigenvalue weighted by Crippen LogP contribution is 2.23. The molecule has 21 heavy (non-hydrogen) atoms. The maximum Gasteiger partial charge on any atom is 0.257 e. The number of rotatable bonds is 3. The SMILES string of the molecule is CC(=NO)c1csc(NC(=O)c2ccc3c(c2)CCC3)n1. The van der Waals surface area contributed by atoms with Gasteiger partial charge in [-0.15, -0.1) is 11.3 Å². The van der Waals surface area contributed by atoms with Crippen molar-refractivity contribution in [3.8, 4) is 0 Å². The van der Waals surface area contributed by atoms with Gasteiger partial charge in [0, 0.05) is 10.9 Å². The first-order valence-electron chi connectivity index (χ1n) is 6.75. The summed E-state index contributed by atoms with van der Waals surface area (Å²) in [4.78, 5) is 16.5. The van der Waals surface area contributed by atoms with Crippen LogP contribution in [0, 0.1) is 0 Å². The van der Waals surface area contributed by atoms with Crippen molar-refractivity contribution >= 4 is 28.1 Å². The summed E-state index contributed by atoms with van der Waals surface area (Å²) in [5.74, 6) is -0.163. The second-order valence-corrected chi connectivity index (χ2v) is 5.87. The van der Waals surface area contributed by atoms with Crippen molar-refractivity contribution in [1.82, 2.24) is 4.98 Å². The Kier molecular flexibility index (Phi) is 3.70. The van der Waals surface area contributed by atoms with E-state index in [0.29, 0.717) is 22.1 Å². The first-order chi connectivity index (χ1) is 10.2. The molecule has 6 heteroatoms. The van der Waals surface area contributed by atoms with E-state index in [4.69, 9.17) is 5.21 Å². The Bertz CT molecular complexity index is 721. The molecule has 0 atom stereocenters. The van der Waals surface area contributed by atoms with Crippen molar-refractivity contribution < 1.29 is 10.0 Å². The normalized spacial score (nSPS) is 14.0. The molecule has 0 fully saturated rings. The van der Waals surface area contributed by atoms with E-state index in [0.717, 1.165) is 19.3 Å². The number of hydrogen-bond acceptors (Lipinski definition) is 5. The van der Waals surface area contributed by atoms with Crippen LogP contribution in [0.3, 0.4) is 0 Å². The molecule has 2 aromatic rings. The number of nitrogens with one attached hydrogen (secondary N) is 1. The van der Waals surface area contributed by atoms with Gasteiger partial charge in [0.1, 0.15) is 11.4 Å². The summed E-state index contributed by atoms with van der Waals surface area (Å²) in [6, 6.07) is 5.86. The summed E-state index contributed by atoms with van der Waals surface area (Å²) >= 11 is 1.31. The third-order valence-corrected chi connectivity index (χ3v) is 4.36. The number of aromatic nitrogens is 1. The zero-order valence-corrected chi connectivity index (χ0v) is 12.4. The van der Waals surface area contributed by atoms with E-state index in [1.807, 2.05) is 18.2 Å². The number of aryl methyl sites for hydroxylation is 2. The Morgan fingerprint density at radius 1 is 1.38 bits per heavy atom. The molecule has 0 saturated heterocycles. The van der Waals surface area contributed by atoms with Crippen molar-refractivity contribution in [1.29, 1.82) is 0 Å². The summed E-state index contributed by atoms with van der Waals surface area (Å²) < 4.78 is 0. The number of oxime groups is 1. The molecular weight excluding hydrogens is 286 g/mol. The van der Waals surface area contributed by atoms with Crippen molar-refractivity contribution in [3.63, 3.8) is 0 Å². The van der Waals surface area contributed by atoms with E-state index >= 15 is 0 Å². The number of amides is 1. The standard InChI is InChI=1S/C15H15N3O2S/c1-9(18-20)13-8-21-15(16-13)17-14(19)12-6-5-10-3-2-4-11(10)7-12/h5-8,20H,2-4H2,1H3,(H,16,17,19). The zero-order valence-electron chi connectivity index (χ0n) is 11.6. The van der Waals surface area contributed by atoms with Crippen molar-refractivity contribution in [2.75, 3.05) is 5.32 Å². The number of hydrogen-bond donors (Lipinski definition) is 2. The lowest BCUT2D eigenvalue weighted by Crippen LogP contribution is -2.12. The zero-order chi connectivity index (χ0) is 14.8. The van der Waals surface area contributed by atoms with Crippen molar-refractivity contribution in [2.45, 2.75) is 26.2 Å². The molecule has 1 heterocycles. The Hall–Kier alpha value is -2.21. The van der Waals surface area contributed by atoms with Gasteiger partial charge in [0.05, 0.1) is 0 Å². The molecule has 1 amide bonds. The molecule has 5 nitrogen and oxygen atoms in total. The minimum absolute atomic E-state index is 0.163. The first-order valence-corrected chi connectivity index (χ1v) is 7.63. The predicted octanol–water partition coefficient (Wildman–Crippen LogP) is 3.08. The summed E-state index contributed by atoms with van der Waals surface area (Å²) in [5.41, 5.74) is 4.25. The van der Waals surface area contributed by atoms with Crippen LogP contribution in [0.15, 0.2) is 28.7 Å². The summed E-state index contributed by atoms with van der Waals surface area (Å²) in [7, 11) is 0. The molecule has 0 radical (unpaired) electrons. The van der Waals surface area contributed by atoms with Gasteiger partial charge in [-0.3, -0.25) is 10.1 Å². The molecular formula is C15H15N3O2S. The van der Waals surface area contributed by atoms with Gasteiger partial charge >= 0.3 is 0 Å². The molecule has 1 aliphatic carbocycles. The second-order valence-electron chi connectivity index (χ2n) is 5.01. The number of carbonyl (C=O) groups excluding carboxylic acids is 1. The third kappa shape index (κ3) is 2.80. The quantitative estimate of drug-likeness (QED) is 0.520. The average molecular weight is 301 g/mol. The molecule has 0 spiro atoms. The smallest absolute Gasteiger partial charge is 0.257 e. The molecule has 0 aliphatic heterocycles. The van der Waals surface area contributed by atoms with E-state index in [9.17, 15) is 4.79 Å². The predicted molar refractivity (Wildman–Crippen MR) is 82.5 cm³/mol. The lowest BCUT2D eigenvalue weighted by atomic mass is 10.1. The molecule has 1 aromatic carbocycles. The number of fused-ring (bicyclic) bond motifs is 1. The fourth-order valence-corrected chi connectivity index (χ4v) is 3.18. The molecule has 2 N–H and O–H groups in total. The monoisotopic (exact) mass is 301 g/mol. The summed E-state index contributed by atoms with van der Waals surface area (Å²) in [5, 5.41) is 16.8. The molecule has 3 rings (SSSR count). The van der Waals surface area contributed by atoms with Gasteiger partial charge in [-0.2, -0.15) is 0 Å². The number of benzene rings is 1. The van der Waals surface area contributed by atoms with Crippen LogP contribution in [0.1, 0.15) is 40.5 Å². The number of carbonyl (C=O) groups is 1. The molecule has 0 bridgehead atoms. The van der Waals surface area contributed by atoms with Crippen molar-refractivity contribution in [2.24, 2.45) is 5.16 Å². The minimum atomic E-state index is -0.163. The lowest BCUT2D eigenvalue weighted by molar-refractivity contribution is 0.102. The van der Waals surface area contributed by atoms with E-state index < -0.39 is 0 Å². The average Bonchev–Trinajstić information content (AvgIpc) is 3.14. The Morgan fingerprint density at radius 3 is 3.00 bits per heavy atom. The van der Waals surface area contributed by atoms with Crippen molar-refractivity contribution in [3.05, 3.63) is 46.0 Å². The number of anilines is 1. The molecule has 0 unspecified atom stereocenters. The molecule has 0 saturated carbocycles. The van der Waals surface area contributed by atoms with Crippen LogP contribution >= 0.6 is 11.3 Å². The van der Waals surface area contributed by atoms with Crippen LogP contribution in [0.4, 0.5) is 5.13 Å². The Morgan fingerprint density at radius 2 is 2.19 bits per heavy atom. The van der Waals surface area contributed by atoms with Crippen LogP contribution < -0.4 is 5.32 Å². The van der Waals surface area contributed by atoms with E-state index in [1.54, 1.807) is 12.3 Å². The van der Waals surface area contributed by atoms with Crippen LogP contribution in [0.25, 0.3) is 0 Å². The summed E-state index contributed by atoms with van der Waals surface area (Å²) in [6.45, 7) is 1.65. The van der Waals surface area contributed by atoms with Gasteiger partial charge in [-0.25, -0.2) is 4.98 Å². The Balaban J connectivity index is 1.76. The van der Waals surface area contributed by atoms with E-state index in [1.165, 1.54) is 22.5 Å². The first kappa shape index (κ1) is 13.8. The van der Waals surface area contributed by atoms with Gasteiger partial charge in [-0.1, -0.05) is 11.2 Å². The van der Waals surface area contributed by atoms with Gasteiger partial charge in [0.25, 0.3) is 5.91 Å². The number of thiazole rings is 1.